The largest absolute Gasteiger partial charge is 1.00 e. The molecule has 0 saturated heterocycles. The molecule has 0 aromatic carbocycles. The molecule has 0 spiro atoms. The summed E-state index contributed by atoms with van der Waals surface area (Å²) in [4.78, 5) is 0. The van der Waals surface area contributed by atoms with Crippen LogP contribution in [0.5, 0.6) is 0 Å². The van der Waals surface area contributed by atoms with Gasteiger partial charge < -0.3 is 24.8 Å². The summed E-state index contributed by atoms with van der Waals surface area (Å²) in [5.74, 6) is 0.668. The molecular weight excluding hydrogens is 430 g/mol. The van der Waals surface area contributed by atoms with Crippen molar-refractivity contribution in [1.82, 2.24) is 0 Å². The zero-order chi connectivity index (χ0) is 11.9. The van der Waals surface area contributed by atoms with E-state index in [-0.39, 0.29) is 24.8 Å². The van der Waals surface area contributed by atoms with Crippen LogP contribution >= 0.6 is 0 Å². The van der Waals surface area contributed by atoms with Crippen molar-refractivity contribution in [1.29, 1.82) is 0 Å². The standard InChI is InChI=1S/C9H13.C5H5.CH2.2ClH.Hf/c1-6-5-7(2)9(4)8(6)3;1-2-4-5-3-1;;;;/h6H,1-4H3;1-3H,4H2;1H2;2*1H;/q;;;;;+2/p-2. The smallest absolute Gasteiger partial charge is 1.00 e. The number of rotatable bonds is 2. The Bertz CT molecular complexity index is 479. The Kier molecular flexibility index (Phi) is 7.28. The summed E-state index contributed by atoms with van der Waals surface area (Å²) in [5, 5.41) is 0. The predicted octanol–water partition coefficient (Wildman–Crippen LogP) is -1.85. The van der Waals surface area contributed by atoms with Gasteiger partial charge >= 0.3 is 107 Å². The summed E-state index contributed by atoms with van der Waals surface area (Å²) < 4.78 is 8.01. The van der Waals surface area contributed by atoms with E-state index in [2.05, 4.69) is 50.2 Å². The van der Waals surface area contributed by atoms with Crippen LogP contribution in [0.3, 0.4) is 0 Å². The van der Waals surface area contributed by atoms with Gasteiger partial charge in [-0.05, 0) is 0 Å². The van der Waals surface area contributed by atoms with E-state index in [0.29, 0.717) is 5.92 Å². The van der Waals surface area contributed by atoms with Gasteiger partial charge in [0.15, 0.2) is 0 Å². The monoisotopic (exact) mass is 450 g/mol. The zero-order valence-electron chi connectivity index (χ0n) is 11.5. The van der Waals surface area contributed by atoms with E-state index in [9.17, 15) is 0 Å². The molecule has 0 heterocycles. The van der Waals surface area contributed by atoms with Crippen LogP contribution in [0, 0.1) is 5.92 Å². The molecule has 18 heavy (non-hydrogen) atoms. The van der Waals surface area contributed by atoms with Gasteiger partial charge in [-0.1, -0.05) is 0 Å². The molecule has 0 amide bonds. The second-order valence-corrected chi connectivity index (χ2v) is 12.6. The molecule has 0 radical (unpaired) electrons. The van der Waals surface area contributed by atoms with Crippen molar-refractivity contribution in [2.45, 2.75) is 34.1 Å². The second-order valence-electron chi connectivity index (χ2n) is 4.87. The maximum Gasteiger partial charge on any atom is -1.00 e. The van der Waals surface area contributed by atoms with E-state index in [1.54, 1.807) is 17.8 Å². The number of allylic oxidation sites excluding steroid dienone is 8. The first-order chi connectivity index (χ1) is 7.54. The minimum atomic E-state index is -1.90. The van der Waals surface area contributed by atoms with Crippen LogP contribution in [0.4, 0.5) is 0 Å². The summed E-state index contributed by atoms with van der Waals surface area (Å²) in [6.07, 6.45) is 7.97. The number of halogens is 2. The van der Waals surface area contributed by atoms with Gasteiger partial charge in [-0.3, -0.25) is 0 Å². The predicted molar refractivity (Wildman–Crippen MR) is 69.2 cm³/mol. The molecule has 0 aromatic rings. The quantitative estimate of drug-likeness (QED) is 0.434. The minimum Gasteiger partial charge on any atom is -1.00 e. The van der Waals surface area contributed by atoms with Crippen molar-refractivity contribution < 1.29 is 45.8 Å². The topological polar surface area (TPSA) is 0 Å². The van der Waals surface area contributed by atoms with Gasteiger partial charge in [0.1, 0.15) is 0 Å². The summed E-state index contributed by atoms with van der Waals surface area (Å²) in [6, 6.07) is 0. The van der Waals surface area contributed by atoms with Crippen LogP contribution in [0.15, 0.2) is 41.6 Å². The van der Waals surface area contributed by atoms with E-state index in [0.717, 1.165) is 0 Å². The molecule has 1 atom stereocenters. The van der Waals surface area contributed by atoms with Crippen molar-refractivity contribution in [2.24, 2.45) is 5.92 Å². The van der Waals surface area contributed by atoms with Gasteiger partial charge in [0, 0.05) is 0 Å². The van der Waals surface area contributed by atoms with Crippen LogP contribution < -0.4 is 24.8 Å². The molecule has 0 bridgehead atoms. The summed E-state index contributed by atoms with van der Waals surface area (Å²) in [6.45, 7) is 9.23. The fourth-order valence-electron chi connectivity index (χ4n) is 2.70. The fraction of sp³-hybridized carbons (Fsp3) is 0.400. The van der Waals surface area contributed by atoms with Crippen molar-refractivity contribution in [3.8, 4) is 0 Å². The van der Waals surface area contributed by atoms with Crippen LogP contribution in [0.1, 0.15) is 34.1 Å². The Morgan fingerprint density at radius 3 is 2.17 bits per heavy atom. The van der Waals surface area contributed by atoms with E-state index in [4.69, 9.17) is 0 Å². The third-order valence-corrected chi connectivity index (χ3v) is 13.5. The summed E-state index contributed by atoms with van der Waals surface area (Å²) in [7, 11) is 0. The molecule has 98 valence electrons. The van der Waals surface area contributed by atoms with Gasteiger partial charge in [0.25, 0.3) is 0 Å². The first-order valence-electron chi connectivity index (χ1n) is 5.98. The van der Waals surface area contributed by atoms with Crippen LogP contribution in [-0.2, 0) is 21.0 Å². The maximum absolute atomic E-state index is 4.59. The summed E-state index contributed by atoms with van der Waals surface area (Å²) >= 11 is -1.90. The van der Waals surface area contributed by atoms with Crippen LogP contribution in [0.2, 0.25) is 0 Å². The molecule has 0 aliphatic heterocycles. The van der Waals surface area contributed by atoms with Gasteiger partial charge in [-0.15, -0.1) is 0 Å². The van der Waals surface area contributed by atoms with E-state index >= 15 is 0 Å². The third kappa shape index (κ3) is 3.05. The fourth-order valence-corrected chi connectivity index (χ4v) is 11.3. The molecular formula is C15H20Cl2Hf. The Labute approximate surface area is 131 Å². The molecule has 0 fully saturated rings. The van der Waals surface area contributed by atoms with E-state index in [1.807, 2.05) is 0 Å². The molecule has 3 heteroatoms. The van der Waals surface area contributed by atoms with Crippen LogP contribution in [0.25, 0.3) is 0 Å². The molecule has 2 rings (SSSR count). The van der Waals surface area contributed by atoms with Crippen molar-refractivity contribution in [3.63, 3.8) is 0 Å². The number of hydrogen-bond acceptors (Lipinski definition) is 0. The number of hydrogen-bond donors (Lipinski definition) is 0. The van der Waals surface area contributed by atoms with Crippen LogP contribution in [-0.4, -0.2) is 4.26 Å². The summed E-state index contributed by atoms with van der Waals surface area (Å²) in [5.41, 5.74) is 4.67. The average Bonchev–Trinajstić information content (AvgIpc) is 2.84. The van der Waals surface area contributed by atoms with E-state index in [1.165, 1.54) is 12.0 Å². The van der Waals surface area contributed by atoms with Gasteiger partial charge in [0.2, 0.25) is 0 Å². The van der Waals surface area contributed by atoms with Crippen molar-refractivity contribution >= 4 is 4.26 Å². The van der Waals surface area contributed by atoms with Crippen molar-refractivity contribution in [3.05, 3.63) is 41.6 Å². The molecule has 0 nitrogen and oxygen atoms in total. The molecule has 0 saturated carbocycles. The normalized spacial score (nSPS) is 21.3. The van der Waals surface area contributed by atoms with Crippen molar-refractivity contribution in [2.75, 3.05) is 0 Å². The Balaban J connectivity index is 0.00000144. The second kappa shape index (κ2) is 7.17. The molecule has 2 aliphatic rings. The molecule has 2 aliphatic carbocycles. The maximum atomic E-state index is 4.59. The third-order valence-electron chi connectivity index (χ3n) is 4.12. The van der Waals surface area contributed by atoms with E-state index < -0.39 is 21.0 Å². The SMILES string of the molecule is [CH2]=[Hf+2]([C]1=CC=CC1)[C]1=C(C)C(C)=C(C)C1C.[Cl-].[Cl-]. The molecule has 0 aromatic heterocycles. The molecule has 0 N–H and O–H groups in total. The van der Waals surface area contributed by atoms with Gasteiger partial charge in [-0.2, -0.15) is 0 Å². The minimum absolute atomic E-state index is 0. The Morgan fingerprint density at radius 1 is 1.17 bits per heavy atom. The first kappa shape index (κ1) is 18.3. The molecule has 1 unspecified atom stereocenters. The Morgan fingerprint density at radius 2 is 1.78 bits per heavy atom. The van der Waals surface area contributed by atoms with Gasteiger partial charge in [-0.25, -0.2) is 0 Å². The zero-order valence-corrected chi connectivity index (χ0v) is 16.6. The van der Waals surface area contributed by atoms with Gasteiger partial charge in [0.05, 0.1) is 0 Å². The average molecular weight is 450 g/mol. The first-order valence-corrected chi connectivity index (χ1v) is 12.1. The Hall–Kier alpha value is 0.280.